The number of likely N-dealkylation sites (tertiary alicyclic amines) is 1. The maximum Gasteiger partial charge on any atom is 0.344 e. The second-order valence-electron chi connectivity index (χ2n) is 6.31. The molecule has 1 aromatic rings. The molecule has 2 saturated heterocycles. The molecule has 0 bridgehead atoms. The van der Waals surface area contributed by atoms with Gasteiger partial charge in [-0.1, -0.05) is 0 Å². The minimum absolute atomic E-state index is 0.0163. The molecule has 0 saturated carbocycles. The van der Waals surface area contributed by atoms with Crippen LogP contribution in [0, 0.1) is 16.0 Å². The number of hydrogen-bond acceptors (Lipinski definition) is 6. The Hall–Kier alpha value is -2.15. The summed E-state index contributed by atoms with van der Waals surface area (Å²) in [6.45, 7) is 3.01. The number of hydrogen-bond donors (Lipinski definition) is 0. The number of likely N-dealkylation sites (N-methyl/N-ethyl adjacent to an activating group) is 1. The van der Waals surface area contributed by atoms with Crippen LogP contribution >= 0.6 is 0 Å². The van der Waals surface area contributed by atoms with Gasteiger partial charge in [-0.3, -0.25) is 10.1 Å². The fourth-order valence-electron chi connectivity index (χ4n) is 3.75. The van der Waals surface area contributed by atoms with Crippen LogP contribution in [-0.4, -0.2) is 55.6 Å². The number of carbonyl (C=O) groups is 1. The number of ether oxygens (including phenoxy) is 1. The fourth-order valence-corrected chi connectivity index (χ4v) is 3.75. The van der Waals surface area contributed by atoms with Crippen LogP contribution in [0.15, 0.2) is 18.2 Å². The summed E-state index contributed by atoms with van der Waals surface area (Å²) in [5.74, 6) is -0.0157. The third-order valence-corrected chi connectivity index (χ3v) is 4.98. The Kier molecular flexibility index (Phi) is 4.21. The quantitative estimate of drug-likeness (QED) is 0.481. The molecule has 1 aromatic carbocycles. The second kappa shape index (κ2) is 6.16. The van der Waals surface area contributed by atoms with Crippen molar-refractivity contribution in [3.8, 4) is 0 Å². The summed E-state index contributed by atoms with van der Waals surface area (Å²) >= 11 is 0. The van der Waals surface area contributed by atoms with Gasteiger partial charge in [0.25, 0.3) is 5.69 Å². The molecule has 3 rings (SSSR count). The summed E-state index contributed by atoms with van der Waals surface area (Å²) in [5.41, 5.74) is 0.665. The van der Waals surface area contributed by atoms with Gasteiger partial charge in [0.05, 0.1) is 12.0 Å². The zero-order valence-corrected chi connectivity index (χ0v) is 13.4. The zero-order valence-electron chi connectivity index (χ0n) is 13.4. The molecular formula is C16H21N3O4. The first kappa shape index (κ1) is 15.7. The number of piperidine rings is 1. The molecule has 2 heterocycles. The molecule has 0 N–H and O–H groups in total. The van der Waals surface area contributed by atoms with Crippen molar-refractivity contribution in [1.29, 1.82) is 0 Å². The summed E-state index contributed by atoms with van der Waals surface area (Å²) < 4.78 is 4.70. The van der Waals surface area contributed by atoms with E-state index in [-0.39, 0.29) is 11.3 Å². The molecule has 2 fully saturated rings. The van der Waals surface area contributed by atoms with Crippen LogP contribution in [0.3, 0.4) is 0 Å². The topological polar surface area (TPSA) is 75.9 Å². The van der Waals surface area contributed by atoms with Gasteiger partial charge < -0.3 is 14.5 Å². The van der Waals surface area contributed by atoms with E-state index in [1.807, 2.05) is 0 Å². The highest BCUT2D eigenvalue weighted by Gasteiger charge is 2.38. The number of carbonyl (C=O) groups excluding carboxylic acids is 1. The monoisotopic (exact) mass is 319 g/mol. The minimum atomic E-state index is -0.671. The lowest BCUT2D eigenvalue weighted by atomic mass is 9.92. The van der Waals surface area contributed by atoms with Crippen molar-refractivity contribution in [1.82, 2.24) is 4.90 Å². The molecule has 7 heteroatoms. The smallest absolute Gasteiger partial charge is 0.344 e. The molecule has 0 aromatic heterocycles. The summed E-state index contributed by atoms with van der Waals surface area (Å²) in [4.78, 5) is 27.1. The average Bonchev–Trinajstić information content (AvgIpc) is 2.96. The molecule has 0 amide bonds. The summed E-state index contributed by atoms with van der Waals surface area (Å²) in [6.07, 6.45) is 2.30. The molecule has 23 heavy (non-hydrogen) atoms. The standard InChI is InChI=1S/C16H21N3O4/c1-17-7-5-11-6-8-18(15(11)10-17)12-3-4-14(19(21)22)13(9-12)16(20)23-2/h3-4,9,11,15H,5-8,10H2,1-2H3. The van der Waals surface area contributed by atoms with E-state index in [1.54, 1.807) is 12.1 Å². The van der Waals surface area contributed by atoms with Crippen molar-refractivity contribution in [3.05, 3.63) is 33.9 Å². The molecule has 0 radical (unpaired) electrons. The van der Waals surface area contributed by atoms with Crippen molar-refractivity contribution in [2.45, 2.75) is 18.9 Å². The van der Waals surface area contributed by atoms with Gasteiger partial charge in [0, 0.05) is 30.9 Å². The van der Waals surface area contributed by atoms with Crippen LogP contribution in [-0.2, 0) is 4.74 Å². The normalized spacial score (nSPS) is 24.3. The van der Waals surface area contributed by atoms with Gasteiger partial charge in [-0.05, 0) is 44.5 Å². The number of esters is 1. The van der Waals surface area contributed by atoms with Gasteiger partial charge in [-0.2, -0.15) is 0 Å². The van der Waals surface area contributed by atoms with Gasteiger partial charge in [0.2, 0.25) is 0 Å². The van der Waals surface area contributed by atoms with Crippen LogP contribution in [0.4, 0.5) is 11.4 Å². The number of methoxy groups -OCH3 is 1. The SMILES string of the molecule is COC(=O)c1cc(N2CCC3CCN(C)CC32)ccc1[N+](=O)[O-]. The molecule has 2 unspecified atom stereocenters. The minimum Gasteiger partial charge on any atom is -0.465 e. The molecule has 2 aliphatic heterocycles. The summed E-state index contributed by atoms with van der Waals surface area (Å²) in [6, 6.07) is 5.14. The Morgan fingerprint density at radius 3 is 2.78 bits per heavy atom. The molecule has 2 atom stereocenters. The highest BCUT2D eigenvalue weighted by atomic mass is 16.6. The van der Waals surface area contributed by atoms with E-state index in [0.29, 0.717) is 12.0 Å². The van der Waals surface area contributed by atoms with Gasteiger partial charge in [0.15, 0.2) is 0 Å². The first-order chi connectivity index (χ1) is 11.0. The summed E-state index contributed by atoms with van der Waals surface area (Å²) in [5, 5.41) is 11.1. The van der Waals surface area contributed by atoms with E-state index >= 15 is 0 Å². The Labute approximate surface area is 135 Å². The largest absolute Gasteiger partial charge is 0.465 e. The third-order valence-electron chi connectivity index (χ3n) is 4.98. The number of benzene rings is 1. The summed E-state index contributed by atoms with van der Waals surface area (Å²) in [7, 11) is 3.35. The number of nitro benzene ring substituents is 1. The van der Waals surface area contributed by atoms with Crippen LogP contribution in [0.2, 0.25) is 0 Å². The molecule has 7 nitrogen and oxygen atoms in total. The Morgan fingerprint density at radius 1 is 1.35 bits per heavy atom. The van der Waals surface area contributed by atoms with E-state index in [2.05, 4.69) is 16.8 Å². The first-order valence-electron chi connectivity index (χ1n) is 7.83. The highest BCUT2D eigenvalue weighted by Crippen LogP contribution is 2.36. The fraction of sp³-hybridized carbons (Fsp3) is 0.562. The van der Waals surface area contributed by atoms with Crippen molar-refractivity contribution < 1.29 is 14.5 Å². The van der Waals surface area contributed by atoms with E-state index in [0.717, 1.165) is 31.7 Å². The number of nitrogens with zero attached hydrogens (tertiary/aromatic N) is 3. The molecule has 124 valence electrons. The van der Waals surface area contributed by atoms with Crippen molar-refractivity contribution in [2.75, 3.05) is 38.7 Å². The lowest BCUT2D eigenvalue weighted by Crippen LogP contribution is -2.46. The maximum atomic E-state index is 11.9. The van der Waals surface area contributed by atoms with E-state index in [1.165, 1.54) is 19.6 Å². The van der Waals surface area contributed by atoms with Crippen LogP contribution < -0.4 is 4.90 Å². The van der Waals surface area contributed by atoms with Gasteiger partial charge in [0.1, 0.15) is 5.56 Å². The molecular weight excluding hydrogens is 298 g/mol. The predicted molar refractivity (Wildman–Crippen MR) is 85.8 cm³/mol. The van der Waals surface area contributed by atoms with Gasteiger partial charge >= 0.3 is 5.97 Å². The van der Waals surface area contributed by atoms with Crippen LogP contribution in [0.25, 0.3) is 0 Å². The first-order valence-corrected chi connectivity index (χ1v) is 7.83. The van der Waals surface area contributed by atoms with E-state index < -0.39 is 10.9 Å². The number of nitro groups is 1. The zero-order chi connectivity index (χ0) is 16.6. The van der Waals surface area contributed by atoms with Gasteiger partial charge in [-0.15, -0.1) is 0 Å². The number of anilines is 1. The Bertz CT molecular complexity index is 634. The van der Waals surface area contributed by atoms with Crippen LogP contribution in [0.5, 0.6) is 0 Å². The Balaban J connectivity index is 1.94. The highest BCUT2D eigenvalue weighted by molar-refractivity contribution is 5.95. The Morgan fingerprint density at radius 2 is 2.09 bits per heavy atom. The average molecular weight is 319 g/mol. The van der Waals surface area contributed by atoms with Gasteiger partial charge in [-0.25, -0.2) is 4.79 Å². The lowest BCUT2D eigenvalue weighted by Gasteiger charge is -2.37. The van der Waals surface area contributed by atoms with Crippen LogP contribution in [0.1, 0.15) is 23.2 Å². The maximum absolute atomic E-state index is 11.9. The molecule has 0 spiro atoms. The van der Waals surface area contributed by atoms with E-state index in [9.17, 15) is 14.9 Å². The molecule has 2 aliphatic rings. The van der Waals surface area contributed by atoms with Crippen molar-refractivity contribution in [2.24, 2.45) is 5.92 Å². The number of fused-ring (bicyclic) bond motifs is 1. The predicted octanol–water partition coefficient (Wildman–Crippen LogP) is 1.91. The molecule has 0 aliphatic carbocycles. The lowest BCUT2D eigenvalue weighted by molar-refractivity contribution is -0.385. The number of rotatable bonds is 3. The second-order valence-corrected chi connectivity index (χ2v) is 6.31. The van der Waals surface area contributed by atoms with Crippen molar-refractivity contribution >= 4 is 17.3 Å². The third kappa shape index (κ3) is 2.88. The van der Waals surface area contributed by atoms with Crippen molar-refractivity contribution in [3.63, 3.8) is 0 Å². The van der Waals surface area contributed by atoms with E-state index in [4.69, 9.17) is 4.74 Å².